The average molecular weight is 308 g/mol. The van der Waals surface area contributed by atoms with Gasteiger partial charge in [-0.3, -0.25) is 0 Å². The van der Waals surface area contributed by atoms with Gasteiger partial charge < -0.3 is 19.9 Å². The first kappa shape index (κ1) is 16.7. The van der Waals surface area contributed by atoms with Gasteiger partial charge in [0.1, 0.15) is 12.4 Å². The topological polar surface area (TPSA) is 76.4 Å². The summed E-state index contributed by atoms with van der Waals surface area (Å²) in [6.07, 6.45) is 3.63. The first-order valence-electron chi connectivity index (χ1n) is 8.15. The molecule has 124 valence electrons. The number of rotatable bonds is 9. The summed E-state index contributed by atoms with van der Waals surface area (Å²) in [6.45, 7) is 7.89. The highest BCUT2D eigenvalue weighted by Crippen LogP contribution is 2.27. The van der Waals surface area contributed by atoms with Crippen molar-refractivity contribution in [2.45, 2.75) is 39.7 Å². The standard InChI is InChI=1S/C15H28N6O/c1-4-22-9-5-8-16-15(17-10-13-6-7-13)18-11-14-20-19-12(2)21(14)3/h13H,4-11H2,1-3H3,(H2,16,17,18). The Labute approximate surface area is 132 Å². The Morgan fingerprint density at radius 3 is 2.82 bits per heavy atom. The molecular formula is C15H28N6O. The second kappa shape index (κ2) is 8.73. The molecule has 1 aliphatic carbocycles. The molecule has 0 atom stereocenters. The number of hydrogen-bond donors (Lipinski definition) is 2. The summed E-state index contributed by atoms with van der Waals surface area (Å²) in [5.74, 6) is 3.44. The van der Waals surface area contributed by atoms with E-state index in [0.29, 0.717) is 6.54 Å². The van der Waals surface area contributed by atoms with Gasteiger partial charge in [-0.2, -0.15) is 0 Å². The van der Waals surface area contributed by atoms with Gasteiger partial charge in [0.2, 0.25) is 0 Å². The third-order valence-corrected chi connectivity index (χ3v) is 3.78. The number of nitrogens with zero attached hydrogens (tertiary/aromatic N) is 4. The predicted molar refractivity (Wildman–Crippen MR) is 86.7 cm³/mol. The van der Waals surface area contributed by atoms with Crippen LogP contribution in [0.4, 0.5) is 0 Å². The van der Waals surface area contributed by atoms with Crippen LogP contribution in [0.2, 0.25) is 0 Å². The molecule has 0 aromatic carbocycles. The van der Waals surface area contributed by atoms with Crippen LogP contribution in [0.3, 0.4) is 0 Å². The van der Waals surface area contributed by atoms with Crippen LogP contribution in [-0.2, 0) is 18.3 Å². The van der Waals surface area contributed by atoms with Crippen LogP contribution in [0.1, 0.15) is 37.8 Å². The lowest BCUT2D eigenvalue weighted by molar-refractivity contribution is 0.145. The van der Waals surface area contributed by atoms with E-state index in [2.05, 4.69) is 25.8 Å². The van der Waals surface area contributed by atoms with Gasteiger partial charge in [0, 0.05) is 33.4 Å². The molecular weight excluding hydrogens is 280 g/mol. The summed E-state index contributed by atoms with van der Waals surface area (Å²) in [5.41, 5.74) is 0. The number of aryl methyl sites for hydroxylation is 1. The highest BCUT2D eigenvalue weighted by Gasteiger charge is 2.21. The molecule has 2 N–H and O–H groups in total. The molecule has 7 heteroatoms. The molecule has 0 amide bonds. The van der Waals surface area contributed by atoms with Gasteiger partial charge in [-0.15, -0.1) is 10.2 Å². The van der Waals surface area contributed by atoms with Crippen molar-refractivity contribution in [1.82, 2.24) is 25.4 Å². The van der Waals surface area contributed by atoms with Crippen LogP contribution in [0.5, 0.6) is 0 Å². The summed E-state index contributed by atoms with van der Waals surface area (Å²) < 4.78 is 7.32. The van der Waals surface area contributed by atoms with E-state index in [1.54, 1.807) is 0 Å². The maximum absolute atomic E-state index is 5.35. The summed E-state index contributed by atoms with van der Waals surface area (Å²) in [4.78, 5) is 4.62. The van der Waals surface area contributed by atoms with Crippen LogP contribution >= 0.6 is 0 Å². The fourth-order valence-corrected chi connectivity index (χ4v) is 2.00. The molecule has 0 aliphatic heterocycles. The van der Waals surface area contributed by atoms with Crippen LogP contribution in [0, 0.1) is 12.8 Å². The maximum Gasteiger partial charge on any atom is 0.191 e. The molecule has 1 saturated carbocycles. The van der Waals surface area contributed by atoms with Gasteiger partial charge in [0.15, 0.2) is 11.8 Å². The van der Waals surface area contributed by atoms with Gasteiger partial charge in [0.25, 0.3) is 0 Å². The summed E-state index contributed by atoms with van der Waals surface area (Å²) >= 11 is 0. The van der Waals surface area contributed by atoms with E-state index in [1.165, 1.54) is 12.8 Å². The minimum absolute atomic E-state index is 0.531. The smallest absolute Gasteiger partial charge is 0.191 e. The van der Waals surface area contributed by atoms with E-state index in [-0.39, 0.29) is 0 Å². The van der Waals surface area contributed by atoms with Gasteiger partial charge in [-0.25, -0.2) is 4.99 Å². The Hall–Kier alpha value is -1.63. The highest BCUT2D eigenvalue weighted by molar-refractivity contribution is 5.79. The molecule has 0 bridgehead atoms. The van der Waals surface area contributed by atoms with Crippen molar-refractivity contribution >= 4 is 5.96 Å². The Balaban J connectivity index is 1.81. The quantitative estimate of drug-likeness (QED) is 0.404. The summed E-state index contributed by atoms with van der Waals surface area (Å²) in [7, 11) is 1.97. The molecule has 0 saturated heterocycles. The lowest BCUT2D eigenvalue weighted by atomic mass is 10.4. The second-order valence-corrected chi connectivity index (χ2v) is 5.69. The molecule has 22 heavy (non-hydrogen) atoms. The zero-order chi connectivity index (χ0) is 15.8. The Kier molecular flexibility index (Phi) is 6.64. The highest BCUT2D eigenvalue weighted by atomic mass is 16.5. The predicted octanol–water partition coefficient (Wildman–Crippen LogP) is 0.995. The average Bonchev–Trinajstić information content (AvgIpc) is 3.29. The van der Waals surface area contributed by atoms with Crippen LogP contribution in [-0.4, -0.2) is 47.0 Å². The molecule has 1 aromatic rings. The van der Waals surface area contributed by atoms with Gasteiger partial charge in [-0.1, -0.05) is 0 Å². The number of hydrogen-bond acceptors (Lipinski definition) is 4. The van der Waals surface area contributed by atoms with E-state index in [0.717, 1.165) is 56.3 Å². The largest absolute Gasteiger partial charge is 0.382 e. The van der Waals surface area contributed by atoms with Crippen molar-refractivity contribution < 1.29 is 4.74 Å². The first-order valence-corrected chi connectivity index (χ1v) is 8.15. The van der Waals surface area contributed by atoms with Crippen molar-refractivity contribution in [3.8, 4) is 0 Å². The van der Waals surface area contributed by atoms with E-state index in [4.69, 9.17) is 4.74 Å². The second-order valence-electron chi connectivity index (χ2n) is 5.69. The van der Waals surface area contributed by atoms with E-state index in [1.807, 2.05) is 25.5 Å². The molecule has 1 aromatic heterocycles. The minimum Gasteiger partial charge on any atom is -0.382 e. The van der Waals surface area contributed by atoms with Crippen LogP contribution in [0.25, 0.3) is 0 Å². The molecule has 7 nitrogen and oxygen atoms in total. The monoisotopic (exact) mass is 308 g/mol. The lowest BCUT2D eigenvalue weighted by Crippen LogP contribution is -2.39. The van der Waals surface area contributed by atoms with E-state index >= 15 is 0 Å². The van der Waals surface area contributed by atoms with Crippen LogP contribution in [0.15, 0.2) is 4.99 Å². The van der Waals surface area contributed by atoms with Gasteiger partial charge in [-0.05, 0) is 39.0 Å². The van der Waals surface area contributed by atoms with Crippen molar-refractivity contribution in [2.75, 3.05) is 26.3 Å². The van der Waals surface area contributed by atoms with Gasteiger partial charge in [0.05, 0.1) is 0 Å². The zero-order valence-electron chi connectivity index (χ0n) is 13.9. The normalized spacial score (nSPS) is 15.1. The molecule has 0 spiro atoms. The number of aromatic nitrogens is 3. The Morgan fingerprint density at radius 2 is 2.18 bits per heavy atom. The lowest BCUT2D eigenvalue weighted by Gasteiger charge is -2.12. The maximum atomic E-state index is 5.35. The molecule has 1 heterocycles. The van der Waals surface area contributed by atoms with Crippen LogP contribution < -0.4 is 10.6 Å². The number of guanidine groups is 1. The van der Waals surface area contributed by atoms with Crippen molar-refractivity contribution in [2.24, 2.45) is 18.0 Å². The van der Waals surface area contributed by atoms with Crippen molar-refractivity contribution in [1.29, 1.82) is 0 Å². The zero-order valence-corrected chi connectivity index (χ0v) is 13.9. The third kappa shape index (κ3) is 5.63. The number of ether oxygens (including phenoxy) is 1. The van der Waals surface area contributed by atoms with E-state index in [9.17, 15) is 0 Å². The number of nitrogens with one attached hydrogen (secondary N) is 2. The molecule has 0 radical (unpaired) electrons. The van der Waals surface area contributed by atoms with E-state index < -0.39 is 0 Å². The minimum atomic E-state index is 0.531. The molecule has 1 aliphatic rings. The molecule has 0 unspecified atom stereocenters. The fourth-order valence-electron chi connectivity index (χ4n) is 2.00. The molecule has 2 rings (SSSR count). The molecule has 1 fully saturated rings. The first-order chi connectivity index (χ1) is 10.7. The summed E-state index contributed by atoms with van der Waals surface area (Å²) in [6, 6.07) is 0. The fraction of sp³-hybridized carbons (Fsp3) is 0.800. The summed E-state index contributed by atoms with van der Waals surface area (Å²) in [5, 5.41) is 15.0. The number of aliphatic imine (C=N–C) groups is 1. The van der Waals surface area contributed by atoms with Crippen molar-refractivity contribution in [3.63, 3.8) is 0 Å². The SMILES string of the molecule is CCOCCCNC(=NCc1nnc(C)n1C)NCC1CC1. The Morgan fingerprint density at radius 1 is 1.36 bits per heavy atom. The van der Waals surface area contributed by atoms with Crippen molar-refractivity contribution in [3.05, 3.63) is 11.6 Å². The van der Waals surface area contributed by atoms with Gasteiger partial charge >= 0.3 is 0 Å². The third-order valence-electron chi connectivity index (χ3n) is 3.78. The Bertz CT molecular complexity index is 480.